The fourth-order valence-corrected chi connectivity index (χ4v) is 3.67. The number of carbonyl (C=O) groups excluding carboxylic acids is 1. The highest BCUT2D eigenvalue weighted by Gasteiger charge is 2.28. The fourth-order valence-electron chi connectivity index (χ4n) is 3.67. The predicted octanol–water partition coefficient (Wildman–Crippen LogP) is 2.96. The Morgan fingerprint density at radius 2 is 2.15 bits per heavy atom. The molecule has 144 valence electrons. The van der Waals surface area contributed by atoms with Crippen LogP contribution >= 0.6 is 0 Å². The zero-order chi connectivity index (χ0) is 18.6. The lowest BCUT2D eigenvalue weighted by molar-refractivity contribution is 0.0673. The van der Waals surface area contributed by atoms with Gasteiger partial charge in [0.1, 0.15) is 12.4 Å². The molecule has 27 heavy (non-hydrogen) atoms. The molecular formula is C20H25N3O4. The van der Waals surface area contributed by atoms with Gasteiger partial charge in [0.15, 0.2) is 5.82 Å². The van der Waals surface area contributed by atoms with Crippen molar-refractivity contribution >= 4 is 5.91 Å². The van der Waals surface area contributed by atoms with Crippen LogP contribution in [-0.4, -0.2) is 53.4 Å². The van der Waals surface area contributed by atoms with Crippen molar-refractivity contribution in [2.24, 2.45) is 0 Å². The third kappa shape index (κ3) is 4.30. The van der Waals surface area contributed by atoms with E-state index in [0.29, 0.717) is 42.7 Å². The van der Waals surface area contributed by atoms with Crippen molar-refractivity contribution in [1.82, 2.24) is 15.0 Å². The molecular weight excluding hydrogens is 346 g/mol. The van der Waals surface area contributed by atoms with Gasteiger partial charge < -0.3 is 18.9 Å². The normalized spacial score (nSPS) is 20.8. The molecule has 4 rings (SSSR count). The average molecular weight is 371 g/mol. The molecule has 2 saturated heterocycles. The molecule has 0 N–H and O–H groups in total. The second-order valence-electron chi connectivity index (χ2n) is 7.22. The summed E-state index contributed by atoms with van der Waals surface area (Å²) >= 11 is 0. The maximum atomic E-state index is 12.9. The van der Waals surface area contributed by atoms with Crippen LogP contribution in [0.2, 0.25) is 0 Å². The Balaban J connectivity index is 1.33. The number of nitrogens with zero attached hydrogens (tertiary/aromatic N) is 3. The highest BCUT2D eigenvalue weighted by molar-refractivity contribution is 5.94. The maximum absolute atomic E-state index is 12.9. The van der Waals surface area contributed by atoms with E-state index in [1.165, 1.54) is 0 Å². The Bertz CT molecular complexity index is 777. The van der Waals surface area contributed by atoms with Crippen molar-refractivity contribution in [2.75, 3.05) is 26.3 Å². The number of aromatic nitrogens is 2. The van der Waals surface area contributed by atoms with Gasteiger partial charge in [0.25, 0.3) is 5.91 Å². The van der Waals surface area contributed by atoms with E-state index < -0.39 is 0 Å². The third-order valence-electron chi connectivity index (χ3n) is 5.22. The number of hydrogen-bond donors (Lipinski definition) is 0. The summed E-state index contributed by atoms with van der Waals surface area (Å²) in [6.07, 6.45) is 3.96. The quantitative estimate of drug-likeness (QED) is 0.804. The van der Waals surface area contributed by atoms with Crippen molar-refractivity contribution < 1.29 is 18.8 Å². The number of likely N-dealkylation sites (tertiary alicyclic amines) is 1. The molecule has 0 bridgehead atoms. The Hall–Kier alpha value is -2.41. The van der Waals surface area contributed by atoms with Crippen molar-refractivity contribution in [2.45, 2.75) is 44.6 Å². The molecule has 1 amide bonds. The van der Waals surface area contributed by atoms with Crippen molar-refractivity contribution in [1.29, 1.82) is 0 Å². The summed E-state index contributed by atoms with van der Waals surface area (Å²) in [5.74, 6) is 2.33. The summed E-state index contributed by atoms with van der Waals surface area (Å²) in [6, 6.07) is 7.42. The molecule has 2 aliphatic heterocycles. The number of amides is 1. The van der Waals surface area contributed by atoms with Gasteiger partial charge in [-0.3, -0.25) is 4.79 Å². The van der Waals surface area contributed by atoms with E-state index in [2.05, 4.69) is 10.1 Å². The topological polar surface area (TPSA) is 77.7 Å². The van der Waals surface area contributed by atoms with Gasteiger partial charge in [-0.2, -0.15) is 4.98 Å². The van der Waals surface area contributed by atoms with Gasteiger partial charge in [-0.1, -0.05) is 11.2 Å². The molecule has 1 aromatic heterocycles. The second-order valence-corrected chi connectivity index (χ2v) is 7.22. The van der Waals surface area contributed by atoms with E-state index in [1.54, 1.807) is 0 Å². The number of carbonyl (C=O) groups is 1. The summed E-state index contributed by atoms with van der Waals surface area (Å²) in [6.45, 7) is 4.54. The average Bonchev–Trinajstić information content (AvgIpc) is 3.38. The number of hydrogen-bond acceptors (Lipinski definition) is 6. The van der Waals surface area contributed by atoms with E-state index in [-0.39, 0.29) is 17.9 Å². The lowest BCUT2D eigenvalue weighted by Gasteiger charge is -2.30. The van der Waals surface area contributed by atoms with Crippen LogP contribution in [0.4, 0.5) is 0 Å². The first-order chi connectivity index (χ1) is 13.2. The fraction of sp³-hybridized carbons (Fsp3) is 0.550. The van der Waals surface area contributed by atoms with E-state index in [9.17, 15) is 4.79 Å². The summed E-state index contributed by atoms with van der Waals surface area (Å²) < 4.78 is 16.7. The number of ether oxygens (including phenoxy) is 2. The van der Waals surface area contributed by atoms with Gasteiger partial charge in [-0.05, 0) is 50.8 Å². The van der Waals surface area contributed by atoms with Crippen LogP contribution < -0.4 is 4.74 Å². The van der Waals surface area contributed by atoms with Crippen LogP contribution in [0.3, 0.4) is 0 Å². The van der Waals surface area contributed by atoms with Crippen molar-refractivity contribution in [3.8, 4) is 5.75 Å². The zero-order valence-corrected chi connectivity index (χ0v) is 15.6. The monoisotopic (exact) mass is 371 g/mol. The minimum absolute atomic E-state index is 0.0396. The highest BCUT2D eigenvalue weighted by Crippen LogP contribution is 2.28. The lowest BCUT2D eigenvalue weighted by Crippen LogP contribution is -2.38. The Kier molecular flexibility index (Phi) is 5.38. The van der Waals surface area contributed by atoms with Crippen LogP contribution in [0.5, 0.6) is 5.75 Å². The van der Waals surface area contributed by atoms with Gasteiger partial charge in [0.2, 0.25) is 5.89 Å². The van der Waals surface area contributed by atoms with E-state index in [1.807, 2.05) is 36.1 Å². The van der Waals surface area contributed by atoms with E-state index in [4.69, 9.17) is 14.0 Å². The molecule has 7 nitrogen and oxygen atoms in total. The number of benzene rings is 1. The van der Waals surface area contributed by atoms with Gasteiger partial charge >= 0.3 is 0 Å². The predicted molar refractivity (Wildman–Crippen MR) is 97.8 cm³/mol. The standard InChI is InChI=1S/C20H25N3O4/c1-14-21-19(27-22-14)15-7-9-23(10-8-15)20(24)16-4-2-5-17(12-16)26-13-18-6-3-11-25-18/h2,4-5,12,15,18H,3,6-11,13H2,1H3. The smallest absolute Gasteiger partial charge is 0.253 e. The maximum Gasteiger partial charge on any atom is 0.253 e. The Morgan fingerprint density at radius 1 is 1.30 bits per heavy atom. The molecule has 1 atom stereocenters. The Morgan fingerprint density at radius 3 is 2.85 bits per heavy atom. The molecule has 2 aromatic rings. The Labute approximate surface area is 158 Å². The summed E-state index contributed by atoms with van der Waals surface area (Å²) in [5, 5.41) is 3.86. The first kappa shape index (κ1) is 18.0. The summed E-state index contributed by atoms with van der Waals surface area (Å²) in [7, 11) is 0. The minimum atomic E-state index is 0.0396. The van der Waals surface area contributed by atoms with E-state index in [0.717, 1.165) is 32.3 Å². The first-order valence-corrected chi connectivity index (χ1v) is 9.63. The molecule has 1 aromatic carbocycles. The summed E-state index contributed by atoms with van der Waals surface area (Å²) in [5.41, 5.74) is 0.659. The van der Waals surface area contributed by atoms with Crippen molar-refractivity contribution in [3.05, 3.63) is 41.5 Å². The second kappa shape index (κ2) is 8.08. The van der Waals surface area contributed by atoms with Crippen LogP contribution in [0, 0.1) is 6.92 Å². The van der Waals surface area contributed by atoms with Crippen LogP contribution in [-0.2, 0) is 4.74 Å². The van der Waals surface area contributed by atoms with Gasteiger partial charge in [-0.25, -0.2) is 0 Å². The lowest BCUT2D eigenvalue weighted by atomic mass is 9.96. The van der Waals surface area contributed by atoms with Gasteiger partial charge in [0.05, 0.1) is 6.10 Å². The summed E-state index contributed by atoms with van der Waals surface area (Å²) in [4.78, 5) is 19.1. The zero-order valence-electron chi connectivity index (χ0n) is 15.6. The third-order valence-corrected chi connectivity index (χ3v) is 5.22. The van der Waals surface area contributed by atoms with Crippen LogP contribution in [0.15, 0.2) is 28.8 Å². The molecule has 0 aliphatic carbocycles. The largest absolute Gasteiger partial charge is 0.491 e. The SMILES string of the molecule is Cc1noc(C2CCN(C(=O)c3cccc(OCC4CCCO4)c3)CC2)n1. The van der Waals surface area contributed by atoms with Crippen molar-refractivity contribution in [3.63, 3.8) is 0 Å². The number of piperidine rings is 1. The molecule has 0 spiro atoms. The molecule has 7 heteroatoms. The molecule has 2 fully saturated rings. The molecule has 3 heterocycles. The number of rotatable bonds is 5. The molecule has 1 unspecified atom stereocenters. The highest BCUT2D eigenvalue weighted by atomic mass is 16.5. The minimum Gasteiger partial charge on any atom is -0.491 e. The number of aryl methyl sites for hydroxylation is 1. The van der Waals surface area contributed by atoms with E-state index >= 15 is 0 Å². The van der Waals surface area contributed by atoms with Crippen LogP contribution in [0.1, 0.15) is 53.7 Å². The first-order valence-electron chi connectivity index (χ1n) is 9.63. The molecule has 2 aliphatic rings. The van der Waals surface area contributed by atoms with Gasteiger partial charge in [-0.15, -0.1) is 0 Å². The van der Waals surface area contributed by atoms with Crippen LogP contribution in [0.25, 0.3) is 0 Å². The van der Waals surface area contributed by atoms with Gasteiger partial charge in [0, 0.05) is 31.2 Å². The molecule has 0 radical (unpaired) electrons. The molecule has 0 saturated carbocycles.